The maximum atomic E-state index is 4.78. The van der Waals surface area contributed by atoms with Crippen LogP contribution in [0.2, 0.25) is 0 Å². The van der Waals surface area contributed by atoms with Crippen molar-refractivity contribution in [2.24, 2.45) is 20.0 Å². The maximum Gasteiger partial charge on any atom is 0.237 e. The van der Waals surface area contributed by atoms with Crippen molar-refractivity contribution in [2.75, 3.05) is 0 Å². The van der Waals surface area contributed by atoms with E-state index in [-0.39, 0.29) is 0 Å². The SMILES string of the molecule is CC1=NC23N=c4ccccc4=NC2=CC=CC3=N1. The Morgan fingerprint density at radius 2 is 1.83 bits per heavy atom. The molecule has 18 heavy (non-hydrogen) atoms. The number of nitrogens with zero attached hydrogens (tertiary/aromatic N) is 4. The molecular weight excluding hydrogens is 224 g/mol. The zero-order chi connectivity index (χ0) is 12.2. The molecule has 1 aromatic carbocycles. The normalized spacial score (nSPS) is 26.8. The van der Waals surface area contributed by atoms with E-state index in [0.29, 0.717) is 0 Å². The van der Waals surface area contributed by atoms with E-state index in [9.17, 15) is 0 Å². The molecule has 1 atom stereocenters. The van der Waals surface area contributed by atoms with Gasteiger partial charge in [0.2, 0.25) is 5.66 Å². The van der Waals surface area contributed by atoms with Gasteiger partial charge in [0.1, 0.15) is 5.84 Å². The van der Waals surface area contributed by atoms with Gasteiger partial charge in [-0.2, -0.15) is 0 Å². The predicted octanol–water partition coefficient (Wildman–Crippen LogP) is 0.962. The molecule has 2 aliphatic heterocycles. The Kier molecular flexibility index (Phi) is 1.66. The van der Waals surface area contributed by atoms with Crippen molar-refractivity contribution in [1.82, 2.24) is 0 Å². The van der Waals surface area contributed by atoms with E-state index in [1.54, 1.807) is 0 Å². The van der Waals surface area contributed by atoms with Gasteiger partial charge in [0, 0.05) is 0 Å². The van der Waals surface area contributed by atoms with E-state index in [1.807, 2.05) is 49.4 Å². The lowest BCUT2D eigenvalue weighted by atomic mass is 9.95. The van der Waals surface area contributed by atoms with E-state index >= 15 is 0 Å². The molecule has 3 aliphatic rings. The molecule has 2 heterocycles. The van der Waals surface area contributed by atoms with Gasteiger partial charge in [-0.25, -0.2) is 20.0 Å². The first-order chi connectivity index (χ1) is 8.78. The molecule has 1 aromatic rings. The lowest BCUT2D eigenvalue weighted by molar-refractivity contribution is 0.654. The Balaban J connectivity index is 2.13. The lowest BCUT2D eigenvalue weighted by Crippen LogP contribution is -2.44. The van der Waals surface area contributed by atoms with Crippen molar-refractivity contribution in [3.05, 3.63) is 58.9 Å². The molecule has 4 rings (SSSR count). The second kappa shape index (κ2) is 3.10. The largest absolute Gasteiger partial charge is 0.246 e. The van der Waals surface area contributed by atoms with E-state index in [4.69, 9.17) is 4.99 Å². The summed E-state index contributed by atoms with van der Waals surface area (Å²) in [6, 6.07) is 7.86. The van der Waals surface area contributed by atoms with Crippen LogP contribution in [0.5, 0.6) is 0 Å². The van der Waals surface area contributed by atoms with E-state index in [1.165, 1.54) is 0 Å². The highest BCUT2D eigenvalue weighted by Gasteiger charge is 2.44. The summed E-state index contributed by atoms with van der Waals surface area (Å²) in [6.07, 6.45) is 5.87. The van der Waals surface area contributed by atoms with Crippen LogP contribution in [-0.4, -0.2) is 17.2 Å². The van der Waals surface area contributed by atoms with Gasteiger partial charge in [-0.15, -0.1) is 0 Å². The fraction of sp³-hybridized carbons (Fsp3) is 0.143. The molecule has 1 unspecified atom stereocenters. The number of allylic oxidation sites excluding steroid dienone is 2. The smallest absolute Gasteiger partial charge is 0.237 e. The average Bonchev–Trinajstić information content (AvgIpc) is 2.69. The van der Waals surface area contributed by atoms with Gasteiger partial charge in [-0.05, 0) is 31.2 Å². The highest BCUT2D eigenvalue weighted by Crippen LogP contribution is 2.34. The van der Waals surface area contributed by atoms with Crippen LogP contribution in [0, 0.1) is 0 Å². The molecule has 0 aromatic heterocycles. The third kappa shape index (κ3) is 1.09. The standard InChI is InChI=1S/C14H10N4/c1-9-15-12-7-4-8-13-14(12,17-9)18-11-6-3-2-5-10(11)16-13/h2-8H,1H3. The maximum absolute atomic E-state index is 4.78. The van der Waals surface area contributed by atoms with Gasteiger partial charge >= 0.3 is 0 Å². The van der Waals surface area contributed by atoms with Crippen molar-refractivity contribution in [2.45, 2.75) is 12.6 Å². The van der Waals surface area contributed by atoms with Crippen molar-refractivity contribution in [3.8, 4) is 0 Å². The fourth-order valence-electron chi connectivity index (χ4n) is 2.47. The van der Waals surface area contributed by atoms with Crippen LogP contribution >= 0.6 is 0 Å². The zero-order valence-electron chi connectivity index (χ0n) is 9.83. The van der Waals surface area contributed by atoms with Gasteiger partial charge in [0.25, 0.3) is 0 Å². The van der Waals surface area contributed by atoms with Gasteiger partial charge in [-0.1, -0.05) is 18.2 Å². The second-order valence-corrected chi connectivity index (χ2v) is 4.45. The summed E-state index contributed by atoms with van der Waals surface area (Å²) in [7, 11) is 0. The molecule has 4 heteroatoms. The lowest BCUT2D eigenvalue weighted by Gasteiger charge is -2.26. The average molecular weight is 234 g/mol. The topological polar surface area (TPSA) is 49.4 Å². The third-order valence-corrected chi connectivity index (χ3v) is 3.23. The van der Waals surface area contributed by atoms with Crippen molar-refractivity contribution >= 4 is 11.5 Å². The summed E-state index contributed by atoms with van der Waals surface area (Å²) in [4.78, 5) is 18.5. The van der Waals surface area contributed by atoms with Gasteiger partial charge in [0.15, 0.2) is 0 Å². The minimum Gasteiger partial charge on any atom is -0.246 e. The van der Waals surface area contributed by atoms with Gasteiger partial charge in [-0.3, -0.25) is 0 Å². The number of hydrogen-bond donors (Lipinski definition) is 0. The fourth-order valence-corrected chi connectivity index (χ4v) is 2.47. The third-order valence-electron chi connectivity index (χ3n) is 3.23. The molecule has 0 radical (unpaired) electrons. The molecule has 0 fully saturated rings. The van der Waals surface area contributed by atoms with E-state index in [0.717, 1.165) is 28.0 Å². The first-order valence-corrected chi connectivity index (χ1v) is 5.86. The molecule has 1 aliphatic carbocycles. The summed E-state index contributed by atoms with van der Waals surface area (Å²) < 4.78 is 0. The summed E-state index contributed by atoms with van der Waals surface area (Å²) in [5.41, 5.74) is 0.975. The Morgan fingerprint density at radius 3 is 2.72 bits per heavy atom. The Hall–Kier alpha value is -2.36. The molecular formula is C14H10N4. The van der Waals surface area contributed by atoms with Crippen LogP contribution < -0.4 is 10.7 Å². The van der Waals surface area contributed by atoms with Crippen molar-refractivity contribution in [1.29, 1.82) is 0 Å². The monoisotopic (exact) mass is 234 g/mol. The second-order valence-electron chi connectivity index (χ2n) is 4.45. The highest BCUT2D eigenvalue weighted by atomic mass is 15.2. The summed E-state index contributed by atoms with van der Waals surface area (Å²) >= 11 is 0. The summed E-state index contributed by atoms with van der Waals surface area (Å²) in [5.74, 6) is 0.751. The Morgan fingerprint density at radius 1 is 1.00 bits per heavy atom. The Bertz CT molecular complexity index is 795. The molecule has 4 nitrogen and oxygen atoms in total. The van der Waals surface area contributed by atoms with Gasteiger partial charge in [0.05, 0.1) is 22.1 Å². The first kappa shape index (κ1) is 9.65. The number of rotatable bonds is 0. The minimum atomic E-state index is -0.729. The van der Waals surface area contributed by atoms with Crippen LogP contribution in [-0.2, 0) is 0 Å². The van der Waals surface area contributed by atoms with Crippen molar-refractivity contribution < 1.29 is 0 Å². The predicted molar refractivity (Wildman–Crippen MR) is 69.3 cm³/mol. The summed E-state index contributed by atoms with van der Waals surface area (Å²) in [6.45, 7) is 1.89. The van der Waals surface area contributed by atoms with Crippen LogP contribution in [0.25, 0.3) is 0 Å². The molecule has 1 spiro atoms. The quantitative estimate of drug-likeness (QED) is 0.642. The molecule has 86 valence electrons. The van der Waals surface area contributed by atoms with Crippen LogP contribution in [0.3, 0.4) is 0 Å². The number of amidine groups is 1. The molecule has 0 bridgehead atoms. The number of aliphatic imine (C=N–C) groups is 2. The minimum absolute atomic E-state index is 0.729. The van der Waals surface area contributed by atoms with Crippen LogP contribution in [0.4, 0.5) is 0 Å². The van der Waals surface area contributed by atoms with E-state index < -0.39 is 5.66 Å². The summed E-state index contributed by atoms with van der Waals surface area (Å²) in [5, 5.41) is 1.76. The van der Waals surface area contributed by atoms with Crippen LogP contribution in [0.15, 0.2) is 68.2 Å². The molecule has 0 saturated heterocycles. The molecule has 0 saturated carbocycles. The molecule has 0 N–H and O–H groups in total. The Labute approximate surface area is 104 Å². The van der Waals surface area contributed by atoms with Gasteiger partial charge < -0.3 is 0 Å². The van der Waals surface area contributed by atoms with Crippen molar-refractivity contribution in [3.63, 3.8) is 0 Å². The number of para-hydroxylation sites is 2. The number of fused-ring (bicyclic) bond motifs is 1. The van der Waals surface area contributed by atoms with Crippen LogP contribution in [0.1, 0.15) is 6.92 Å². The van der Waals surface area contributed by atoms with E-state index in [2.05, 4.69) is 15.0 Å². The molecule has 0 amide bonds. The highest BCUT2D eigenvalue weighted by molar-refractivity contribution is 6.16. The first-order valence-electron chi connectivity index (χ1n) is 5.86. The zero-order valence-corrected chi connectivity index (χ0v) is 9.83. The number of benzene rings is 1. The number of hydrogen-bond acceptors (Lipinski definition) is 4.